The summed E-state index contributed by atoms with van der Waals surface area (Å²) in [4.78, 5) is 15.1. The summed E-state index contributed by atoms with van der Waals surface area (Å²) >= 11 is 0. The summed E-state index contributed by atoms with van der Waals surface area (Å²) < 4.78 is 0. The second-order valence-electron chi connectivity index (χ2n) is 10.2. The lowest BCUT2D eigenvalue weighted by Crippen LogP contribution is -2.54. The summed E-state index contributed by atoms with van der Waals surface area (Å²) in [5.74, 6) is 0.836. The molecule has 3 rings (SSSR count). The number of likely N-dealkylation sites (N-methyl/N-ethyl adjacent to an activating group) is 1. The summed E-state index contributed by atoms with van der Waals surface area (Å²) in [6.07, 6.45) is 15.6. The first kappa shape index (κ1) is 24.1. The lowest BCUT2D eigenvalue weighted by molar-refractivity contribution is -0.124. The molecule has 1 aliphatic heterocycles. The van der Waals surface area contributed by atoms with E-state index in [0.29, 0.717) is 12.3 Å². The topological polar surface area (TPSA) is 52.6 Å². The molecular weight excluding hydrogens is 384 g/mol. The molecule has 0 aromatic heterocycles. The van der Waals surface area contributed by atoms with Gasteiger partial charge in [-0.25, -0.2) is 0 Å². The van der Waals surface area contributed by atoms with Crippen molar-refractivity contribution in [1.29, 1.82) is 0 Å². The number of hydrogen-bond acceptors (Lipinski definition) is 3. The molecule has 1 saturated carbocycles. The summed E-state index contributed by atoms with van der Waals surface area (Å²) in [6, 6.07) is 6.52. The number of aliphatic hydroxyl groups excluding tert-OH is 1. The number of rotatable bonds is 3. The van der Waals surface area contributed by atoms with Crippen LogP contribution < -0.4 is 10.2 Å². The van der Waals surface area contributed by atoms with Gasteiger partial charge in [-0.1, -0.05) is 83.8 Å². The lowest BCUT2D eigenvalue weighted by Gasteiger charge is -2.37. The van der Waals surface area contributed by atoms with E-state index >= 15 is 0 Å². The molecule has 2 aliphatic rings. The van der Waals surface area contributed by atoms with Crippen LogP contribution in [0.5, 0.6) is 0 Å². The van der Waals surface area contributed by atoms with E-state index in [9.17, 15) is 9.90 Å². The number of nitrogens with one attached hydrogen (secondary N) is 1. The van der Waals surface area contributed by atoms with Crippen molar-refractivity contribution in [3.05, 3.63) is 29.3 Å². The summed E-state index contributed by atoms with van der Waals surface area (Å²) in [5, 5.41) is 12.9. The number of aliphatic hydroxyl groups is 1. The number of hydrogen-bond donors (Lipinski definition) is 2. The maximum absolute atomic E-state index is 12.9. The predicted octanol–water partition coefficient (Wildman–Crippen LogP) is 5.57. The molecule has 1 aromatic rings. The Hall–Kier alpha value is -1.55. The van der Waals surface area contributed by atoms with Gasteiger partial charge < -0.3 is 15.3 Å². The second kappa shape index (κ2) is 11.9. The molecule has 0 spiro atoms. The van der Waals surface area contributed by atoms with Gasteiger partial charge in [0, 0.05) is 12.7 Å². The highest BCUT2D eigenvalue weighted by atomic mass is 16.3. The minimum Gasteiger partial charge on any atom is -0.394 e. The van der Waals surface area contributed by atoms with E-state index in [4.69, 9.17) is 0 Å². The van der Waals surface area contributed by atoms with Crippen LogP contribution in [0.3, 0.4) is 0 Å². The van der Waals surface area contributed by atoms with Gasteiger partial charge in [-0.15, -0.1) is 0 Å². The molecule has 1 aromatic carbocycles. The molecule has 0 radical (unpaired) electrons. The molecule has 1 heterocycles. The van der Waals surface area contributed by atoms with Gasteiger partial charge >= 0.3 is 0 Å². The third kappa shape index (κ3) is 6.47. The highest BCUT2D eigenvalue weighted by molar-refractivity contribution is 5.86. The monoisotopic (exact) mass is 428 g/mol. The number of carbonyl (C=O) groups is 1. The lowest BCUT2D eigenvalue weighted by atomic mass is 9.85. The average Bonchev–Trinajstić information content (AvgIpc) is 2.73. The Morgan fingerprint density at radius 2 is 1.58 bits per heavy atom. The number of fused-ring (bicyclic) bond motifs is 1. The minimum atomic E-state index is -0.223. The van der Waals surface area contributed by atoms with Gasteiger partial charge in [-0.2, -0.15) is 0 Å². The summed E-state index contributed by atoms with van der Waals surface area (Å²) in [6.45, 7) is 4.18. The molecule has 2 N–H and O–H groups in total. The molecule has 1 aliphatic carbocycles. The van der Waals surface area contributed by atoms with Crippen LogP contribution in [0.25, 0.3) is 0 Å². The van der Waals surface area contributed by atoms with Crippen LogP contribution in [0.1, 0.15) is 102 Å². The Morgan fingerprint density at radius 3 is 2.13 bits per heavy atom. The van der Waals surface area contributed by atoms with Crippen molar-refractivity contribution < 1.29 is 9.90 Å². The van der Waals surface area contributed by atoms with Gasteiger partial charge in [0.25, 0.3) is 0 Å². The first-order valence-electron chi connectivity index (χ1n) is 12.8. The van der Waals surface area contributed by atoms with E-state index in [1.807, 2.05) is 0 Å². The van der Waals surface area contributed by atoms with Crippen LogP contribution in [-0.2, 0) is 11.2 Å². The van der Waals surface area contributed by atoms with Gasteiger partial charge in [0.2, 0.25) is 5.91 Å². The van der Waals surface area contributed by atoms with E-state index in [1.54, 1.807) is 0 Å². The normalized spacial score (nSPS) is 25.1. The smallest absolute Gasteiger partial charge is 0.243 e. The van der Waals surface area contributed by atoms with Crippen molar-refractivity contribution >= 4 is 11.6 Å². The molecule has 1 amide bonds. The predicted molar refractivity (Wildman–Crippen MR) is 130 cm³/mol. The highest BCUT2D eigenvalue weighted by Crippen LogP contribution is 2.35. The van der Waals surface area contributed by atoms with Gasteiger partial charge in [0.15, 0.2) is 0 Å². The van der Waals surface area contributed by atoms with Gasteiger partial charge in [-0.05, 0) is 48.3 Å². The standard InChI is InChI=1S/C27H44N2O2/c1-20(2)26-27(31)28-24(19-30)17-23-16-15-22(18-25(23)29(26)3)21-13-11-9-7-5-4-6-8-10-12-14-21/h15-16,18,20-21,24,26,30H,4-14,17,19H2,1-3H3,(H,28,31)/t24-,26-/m0/s1. The van der Waals surface area contributed by atoms with Crippen molar-refractivity contribution in [2.45, 2.75) is 109 Å². The van der Waals surface area contributed by atoms with Gasteiger partial charge in [0.05, 0.1) is 12.6 Å². The van der Waals surface area contributed by atoms with Crippen LogP contribution in [-0.4, -0.2) is 36.8 Å². The fourth-order valence-corrected chi connectivity index (χ4v) is 5.62. The maximum atomic E-state index is 12.9. The summed E-state index contributed by atoms with van der Waals surface area (Å²) in [7, 11) is 2.06. The zero-order valence-corrected chi connectivity index (χ0v) is 20.0. The van der Waals surface area contributed by atoms with Crippen molar-refractivity contribution in [2.75, 3.05) is 18.6 Å². The van der Waals surface area contributed by atoms with E-state index in [0.717, 1.165) is 0 Å². The SMILES string of the molecule is CC(C)[C@H]1C(=O)N[C@H](CO)Cc2ccc(C3CCCCCCCCCCC3)cc2N1C. The molecule has 4 nitrogen and oxygen atoms in total. The molecular formula is C27H44N2O2. The first-order valence-corrected chi connectivity index (χ1v) is 12.8. The molecule has 4 heteroatoms. The van der Waals surface area contributed by atoms with Crippen LogP contribution in [0.4, 0.5) is 5.69 Å². The minimum absolute atomic E-state index is 0.0237. The maximum Gasteiger partial charge on any atom is 0.243 e. The van der Waals surface area contributed by atoms with Crippen LogP contribution in [0.15, 0.2) is 18.2 Å². The van der Waals surface area contributed by atoms with E-state index in [1.165, 1.54) is 87.4 Å². The Bertz CT molecular complexity index is 690. The van der Waals surface area contributed by atoms with Crippen LogP contribution >= 0.6 is 0 Å². The molecule has 0 bridgehead atoms. The van der Waals surface area contributed by atoms with E-state index < -0.39 is 0 Å². The Kier molecular flexibility index (Phi) is 9.25. The molecule has 2 atom stereocenters. The molecule has 1 fully saturated rings. The van der Waals surface area contributed by atoms with E-state index in [-0.39, 0.29) is 30.5 Å². The van der Waals surface area contributed by atoms with Crippen molar-refractivity contribution in [3.63, 3.8) is 0 Å². The second-order valence-corrected chi connectivity index (χ2v) is 10.2. The number of nitrogens with zero attached hydrogens (tertiary/aromatic N) is 1. The zero-order chi connectivity index (χ0) is 22.2. The summed E-state index contributed by atoms with van der Waals surface area (Å²) in [5.41, 5.74) is 3.84. The quantitative estimate of drug-likeness (QED) is 0.662. The number of amides is 1. The Labute approximate surface area is 189 Å². The molecule has 0 saturated heterocycles. The molecule has 174 valence electrons. The fourth-order valence-electron chi connectivity index (χ4n) is 5.62. The highest BCUT2D eigenvalue weighted by Gasteiger charge is 2.32. The van der Waals surface area contributed by atoms with E-state index in [2.05, 4.69) is 49.3 Å². The van der Waals surface area contributed by atoms with Crippen molar-refractivity contribution in [3.8, 4) is 0 Å². The zero-order valence-electron chi connectivity index (χ0n) is 20.0. The van der Waals surface area contributed by atoms with Crippen molar-refractivity contribution in [2.24, 2.45) is 5.92 Å². The van der Waals surface area contributed by atoms with Crippen LogP contribution in [0.2, 0.25) is 0 Å². The third-order valence-electron chi connectivity index (χ3n) is 7.42. The van der Waals surface area contributed by atoms with Gasteiger partial charge in [0.1, 0.15) is 6.04 Å². The molecule has 31 heavy (non-hydrogen) atoms. The Morgan fingerprint density at radius 1 is 1.00 bits per heavy atom. The first-order chi connectivity index (χ1) is 15.0. The number of carbonyl (C=O) groups excluding carboxylic acids is 1. The third-order valence-corrected chi connectivity index (χ3v) is 7.42. The number of benzene rings is 1. The van der Waals surface area contributed by atoms with Gasteiger partial charge in [-0.3, -0.25) is 4.79 Å². The fraction of sp³-hybridized carbons (Fsp3) is 0.741. The largest absolute Gasteiger partial charge is 0.394 e. The van der Waals surface area contributed by atoms with Crippen molar-refractivity contribution in [1.82, 2.24) is 5.32 Å². The number of anilines is 1. The van der Waals surface area contributed by atoms with Crippen LogP contribution in [0, 0.1) is 5.92 Å². The Balaban J connectivity index is 1.88. The molecule has 0 unspecified atom stereocenters. The average molecular weight is 429 g/mol.